The zero-order valence-corrected chi connectivity index (χ0v) is 16.3. The van der Waals surface area contributed by atoms with Gasteiger partial charge in [-0.2, -0.15) is 0 Å². The Hall–Kier alpha value is -3.60. The first-order valence-corrected chi connectivity index (χ1v) is 9.15. The molecule has 0 aliphatic heterocycles. The Balaban J connectivity index is 1.65. The Bertz CT molecular complexity index is 1030. The lowest BCUT2D eigenvalue weighted by Crippen LogP contribution is -2.07. The molecule has 0 bridgehead atoms. The molecule has 0 spiro atoms. The van der Waals surface area contributed by atoms with Gasteiger partial charge in [-0.3, -0.25) is 4.79 Å². The lowest BCUT2D eigenvalue weighted by atomic mass is 10.1. The molecule has 0 unspecified atom stereocenters. The second-order valence-electron chi connectivity index (χ2n) is 6.46. The first-order chi connectivity index (χ1) is 14.0. The molecule has 3 aromatic carbocycles. The number of anilines is 1. The van der Waals surface area contributed by atoms with Gasteiger partial charge in [-0.1, -0.05) is 36.4 Å². The maximum absolute atomic E-state index is 13.2. The van der Waals surface area contributed by atoms with Crippen molar-refractivity contribution in [2.75, 3.05) is 12.4 Å². The minimum absolute atomic E-state index is 0.352. The molecule has 3 aromatic rings. The largest absolute Gasteiger partial charge is 0.493 e. The van der Waals surface area contributed by atoms with Gasteiger partial charge in [0, 0.05) is 11.8 Å². The number of benzene rings is 3. The number of rotatable bonds is 7. The molecule has 0 heterocycles. The van der Waals surface area contributed by atoms with E-state index in [0.717, 1.165) is 16.7 Å². The van der Waals surface area contributed by atoms with Crippen LogP contribution in [-0.2, 0) is 11.4 Å². The number of aryl methyl sites for hydroxylation is 1. The number of carbonyl (C=O) groups excluding carboxylic acids is 1. The van der Waals surface area contributed by atoms with E-state index in [4.69, 9.17) is 9.47 Å². The number of hydrogen-bond acceptors (Lipinski definition) is 3. The number of nitrogens with one attached hydrogen (secondary N) is 1. The minimum Gasteiger partial charge on any atom is -0.493 e. The van der Waals surface area contributed by atoms with Crippen molar-refractivity contribution in [3.05, 3.63) is 95.3 Å². The molecule has 0 aliphatic rings. The van der Waals surface area contributed by atoms with E-state index in [1.807, 2.05) is 37.3 Å². The second-order valence-corrected chi connectivity index (χ2v) is 6.46. The van der Waals surface area contributed by atoms with E-state index < -0.39 is 5.82 Å². The SMILES string of the molecule is COc1cc(/C=C/C(=O)Nc2cccc(F)c2)ccc1OCc1ccccc1C. The number of carbonyl (C=O) groups is 1. The highest BCUT2D eigenvalue weighted by Gasteiger charge is 2.07. The summed E-state index contributed by atoms with van der Waals surface area (Å²) in [7, 11) is 1.57. The van der Waals surface area contributed by atoms with Gasteiger partial charge >= 0.3 is 0 Å². The van der Waals surface area contributed by atoms with Crippen molar-refractivity contribution >= 4 is 17.7 Å². The number of halogens is 1. The van der Waals surface area contributed by atoms with E-state index in [1.54, 1.807) is 31.4 Å². The average molecular weight is 391 g/mol. The first kappa shape index (κ1) is 20.1. The summed E-state index contributed by atoms with van der Waals surface area (Å²) in [4.78, 5) is 12.0. The smallest absolute Gasteiger partial charge is 0.248 e. The van der Waals surface area contributed by atoms with E-state index in [9.17, 15) is 9.18 Å². The summed E-state index contributed by atoms with van der Waals surface area (Å²) in [5.41, 5.74) is 3.44. The zero-order chi connectivity index (χ0) is 20.6. The molecule has 1 N–H and O–H groups in total. The lowest BCUT2D eigenvalue weighted by molar-refractivity contribution is -0.111. The summed E-state index contributed by atoms with van der Waals surface area (Å²) in [6.45, 7) is 2.48. The lowest BCUT2D eigenvalue weighted by Gasteiger charge is -2.12. The Morgan fingerprint density at radius 3 is 2.62 bits per heavy atom. The van der Waals surface area contributed by atoms with Gasteiger partial charge in [0.25, 0.3) is 0 Å². The standard InChI is InChI=1S/C24H22FNO3/c1-17-6-3-4-7-19(17)16-29-22-12-10-18(14-23(22)28-2)11-13-24(27)26-21-9-5-8-20(25)15-21/h3-15H,16H2,1-2H3,(H,26,27)/b13-11+. The van der Waals surface area contributed by atoms with Crippen molar-refractivity contribution in [3.8, 4) is 11.5 Å². The van der Waals surface area contributed by atoms with E-state index in [1.165, 1.54) is 24.3 Å². The van der Waals surface area contributed by atoms with Gasteiger partial charge in [-0.05, 0) is 60.0 Å². The second kappa shape index (κ2) is 9.55. The summed E-state index contributed by atoms with van der Waals surface area (Å²) in [5.74, 6) is 0.440. The molecule has 0 saturated heterocycles. The Labute approximate surface area is 169 Å². The molecular formula is C24H22FNO3. The van der Waals surface area contributed by atoms with Crippen molar-refractivity contribution in [1.29, 1.82) is 0 Å². The van der Waals surface area contributed by atoms with Crippen molar-refractivity contribution in [3.63, 3.8) is 0 Å². The number of ether oxygens (including phenoxy) is 2. The van der Waals surface area contributed by atoms with Crippen LogP contribution in [0.15, 0.2) is 72.8 Å². The Kier molecular flexibility index (Phi) is 6.63. The first-order valence-electron chi connectivity index (χ1n) is 9.15. The van der Waals surface area contributed by atoms with Crippen LogP contribution < -0.4 is 14.8 Å². The topological polar surface area (TPSA) is 47.6 Å². The molecule has 0 aliphatic carbocycles. The normalized spacial score (nSPS) is 10.7. The van der Waals surface area contributed by atoms with Gasteiger partial charge in [0.1, 0.15) is 12.4 Å². The predicted molar refractivity (Wildman–Crippen MR) is 113 cm³/mol. The molecule has 0 saturated carbocycles. The van der Waals surface area contributed by atoms with Crippen LogP contribution in [0.25, 0.3) is 6.08 Å². The predicted octanol–water partition coefficient (Wildman–Crippen LogP) is 5.37. The van der Waals surface area contributed by atoms with Gasteiger partial charge < -0.3 is 14.8 Å². The van der Waals surface area contributed by atoms with Gasteiger partial charge in [-0.15, -0.1) is 0 Å². The van der Waals surface area contributed by atoms with Crippen LogP contribution in [0.4, 0.5) is 10.1 Å². The van der Waals surface area contributed by atoms with Gasteiger partial charge in [0.05, 0.1) is 7.11 Å². The summed E-state index contributed by atoms with van der Waals surface area (Å²) >= 11 is 0. The minimum atomic E-state index is -0.405. The van der Waals surface area contributed by atoms with Gasteiger partial charge in [-0.25, -0.2) is 4.39 Å². The molecule has 5 heteroatoms. The van der Waals surface area contributed by atoms with Crippen LogP contribution in [0.5, 0.6) is 11.5 Å². The highest BCUT2D eigenvalue weighted by molar-refractivity contribution is 6.01. The summed E-state index contributed by atoms with van der Waals surface area (Å²) < 4.78 is 24.5. The third-order valence-corrected chi connectivity index (χ3v) is 4.35. The number of amides is 1. The fourth-order valence-corrected chi connectivity index (χ4v) is 2.76. The Morgan fingerprint density at radius 2 is 1.86 bits per heavy atom. The number of methoxy groups -OCH3 is 1. The van der Waals surface area contributed by atoms with Gasteiger partial charge in [0.15, 0.2) is 11.5 Å². The van der Waals surface area contributed by atoms with Crippen LogP contribution in [0, 0.1) is 12.7 Å². The molecule has 3 rings (SSSR count). The quantitative estimate of drug-likeness (QED) is 0.551. The summed E-state index contributed by atoms with van der Waals surface area (Å²) in [6, 6.07) is 19.2. The van der Waals surface area contributed by atoms with Crippen LogP contribution in [0.2, 0.25) is 0 Å². The van der Waals surface area contributed by atoms with Crippen LogP contribution >= 0.6 is 0 Å². The maximum Gasteiger partial charge on any atom is 0.248 e. The van der Waals surface area contributed by atoms with E-state index in [0.29, 0.717) is 23.8 Å². The van der Waals surface area contributed by atoms with E-state index in [2.05, 4.69) is 5.32 Å². The molecular weight excluding hydrogens is 369 g/mol. The highest BCUT2D eigenvalue weighted by atomic mass is 19.1. The molecule has 0 atom stereocenters. The highest BCUT2D eigenvalue weighted by Crippen LogP contribution is 2.29. The maximum atomic E-state index is 13.2. The van der Waals surface area contributed by atoms with Crippen molar-refractivity contribution in [1.82, 2.24) is 0 Å². The van der Waals surface area contributed by atoms with Gasteiger partial charge in [0.2, 0.25) is 5.91 Å². The van der Waals surface area contributed by atoms with Crippen molar-refractivity contribution < 1.29 is 18.7 Å². The molecule has 0 aromatic heterocycles. The fourth-order valence-electron chi connectivity index (χ4n) is 2.76. The molecule has 1 amide bonds. The monoisotopic (exact) mass is 391 g/mol. The molecule has 148 valence electrons. The molecule has 0 radical (unpaired) electrons. The molecule has 4 nitrogen and oxygen atoms in total. The van der Waals surface area contributed by atoms with Crippen LogP contribution in [0.3, 0.4) is 0 Å². The third kappa shape index (κ3) is 5.69. The van der Waals surface area contributed by atoms with Crippen LogP contribution in [0.1, 0.15) is 16.7 Å². The third-order valence-electron chi connectivity index (χ3n) is 4.35. The van der Waals surface area contributed by atoms with Crippen molar-refractivity contribution in [2.45, 2.75) is 13.5 Å². The Morgan fingerprint density at radius 1 is 1.03 bits per heavy atom. The average Bonchev–Trinajstić information content (AvgIpc) is 2.72. The molecule has 0 fully saturated rings. The van der Waals surface area contributed by atoms with Crippen molar-refractivity contribution in [2.24, 2.45) is 0 Å². The van der Waals surface area contributed by atoms with Crippen LogP contribution in [-0.4, -0.2) is 13.0 Å². The number of hydrogen-bond donors (Lipinski definition) is 1. The molecule has 29 heavy (non-hydrogen) atoms. The fraction of sp³-hybridized carbons (Fsp3) is 0.125. The summed E-state index contributed by atoms with van der Waals surface area (Å²) in [5, 5.41) is 2.62. The van der Waals surface area contributed by atoms with E-state index >= 15 is 0 Å². The van der Waals surface area contributed by atoms with E-state index in [-0.39, 0.29) is 5.91 Å². The summed E-state index contributed by atoms with van der Waals surface area (Å²) in [6.07, 6.45) is 3.04. The zero-order valence-electron chi connectivity index (χ0n) is 16.3.